The Kier molecular flexibility index (Phi) is 6.36. The number of aliphatic hydroxyl groups excluding tert-OH is 1. The van der Waals surface area contributed by atoms with Crippen molar-refractivity contribution in [1.29, 1.82) is 0 Å². The van der Waals surface area contributed by atoms with Gasteiger partial charge in [0.2, 0.25) is 0 Å². The number of unbranched alkanes of at least 4 members (excludes halogenated alkanes) is 2. The van der Waals surface area contributed by atoms with E-state index in [1.54, 1.807) is 0 Å². The van der Waals surface area contributed by atoms with Crippen LogP contribution in [-0.4, -0.2) is 35.3 Å². The van der Waals surface area contributed by atoms with Crippen LogP contribution in [0.2, 0.25) is 0 Å². The maximum absolute atomic E-state index is 8.59. The normalized spacial score (nSPS) is 21.7. The smallest absolute Gasteiger partial charge is 0.0582 e. The standard InChI is InChI=1S/C11H21NO3/c13-8-2-1-3-9-15-11-6-4-10(12-14)5-7-11/h11,13-14H,1-9H2. The van der Waals surface area contributed by atoms with E-state index in [1.165, 1.54) is 0 Å². The average Bonchev–Trinajstić information content (AvgIpc) is 2.30. The van der Waals surface area contributed by atoms with Crippen LogP contribution in [0.4, 0.5) is 0 Å². The lowest BCUT2D eigenvalue weighted by Gasteiger charge is -2.22. The van der Waals surface area contributed by atoms with Crippen LogP contribution in [0.5, 0.6) is 0 Å². The van der Waals surface area contributed by atoms with E-state index in [-0.39, 0.29) is 6.61 Å². The van der Waals surface area contributed by atoms with E-state index in [9.17, 15) is 0 Å². The molecule has 1 rings (SSSR count). The SMILES string of the molecule is OCCCCCOC1CCC(=NO)CC1. The van der Waals surface area contributed by atoms with E-state index in [4.69, 9.17) is 15.1 Å². The molecule has 0 aliphatic heterocycles. The molecule has 1 aliphatic carbocycles. The lowest BCUT2D eigenvalue weighted by Crippen LogP contribution is -2.22. The Labute approximate surface area is 90.9 Å². The summed E-state index contributed by atoms with van der Waals surface area (Å²) in [4.78, 5) is 0. The molecule has 4 nitrogen and oxygen atoms in total. The molecule has 1 fully saturated rings. The number of nitrogens with zero attached hydrogens (tertiary/aromatic N) is 1. The van der Waals surface area contributed by atoms with Gasteiger partial charge in [-0.2, -0.15) is 0 Å². The predicted octanol–water partition coefficient (Wildman–Crippen LogP) is 1.94. The highest BCUT2D eigenvalue weighted by Gasteiger charge is 2.17. The maximum atomic E-state index is 8.59. The molecule has 0 amide bonds. The molecule has 0 aromatic rings. The van der Waals surface area contributed by atoms with Crippen LogP contribution in [-0.2, 0) is 4.74 Å². The minimum absolute atomic E-state index is 0.278. The van der Waals surface area contributed by atoms with Crippen LogP contribution in [0.25, 0.3) is 0 Å². The molecular weight excluding hydrogens is 194 g/mol. The molecule has 0 bridgehead atoms. The summed E-state index contributed by atoms with van der Waals surface area (Å²) in [6, 6.07) is 0. The van der Waals surface area contributed by atoms with Crippen LogP contribution in [0.3, 0.4) is 0 Å². The highest BCUT2D eigenvalue weighted by molar-refractivity contribution is 5.84. The Morgan fingerprint density at radius 3 is 2.53 bits per heavy atom. The molecule has 1 saturated carbocycles. The van der Waals surface area contributed by atoms with Crippen molar-refractivity contribution in [2.45, 2.75) is 51.0 Å². The second-order valence-corrected chi connectivity index (χ2v) is 4.02. The molecule has 4 heteroatoms. The van der Waals surface area contributed by atoms with Crippen LogP contribution in [0, 0.1) is 0 Å². The molecule has 0 aromatic heterocycles. The van der Waals surface area contributed by atoms with Gasteiger partial charge < -0.3 is 15.1 Å². The lowest BCUT2D eigenvalue weighted by atomic mass is 9.96. The fraction of sp³-hybridized carbons (Fsp3) is 0.909. The summed E-state index contributed by atoms with van der Waals surface area (Å²) in [5.41, 5.74) is 0.898. The van der Waals surface area contributed by atoms with Gasteiger partial charge >= 0.3 is 0 Å². The van der Waals surface area contributed by atoms with Crippen molar-refractivity contribution in [3.05, 3.63) is 0 Å². The summed E-state index contributed by atoms with van der Waals surface area (Å²) in [6.45, 7) is 1.07. The van der Waals surface area contributed by atoms with Gasteiger partial charge in [0.25, 0.3) is 0 Å². The lowest BCUT2D eigenvalue weighted by molar-refractivity contribution is 0.0370. The highest BCUT2D eigenvalue weighted by atomic mass is 16.5. The summed E-state index contributed by atoms with van der Waals surface area (Å²) in [5, 5.41) is 20.4. The minimum Gasteiger partial charge on any atom is -0.411 e. The zero-order valence-electron chi connectivity index (χ0n) is 9.19. The molecule has 0 heterocycles. The largest absolute Gasteiger partial charge is 0.411 e. The summed E-state index contributed by atoms with van der Waals surface area (Å²) in [6.07, 6.45) is 6.93. The number of rotatable bonds is 6. The van der Waals surface area contributed by atoms with Crippen LogP contribution in [0.1, 0.15) is 44.9 Å². The van der Waals surface area contributed by atoms with E-state index >= 15 is 0 Å². The zero-order valence-corrected chi connectivity index (χ0v) is 9.19. The molecule has 15 heavy (non-hydrogen) atoms. The highest BCUT2D eigenvalue weighted by Crippen LogP contribution is 2.19. The first-order chi connectivity index (χ1) is 7.36. The van der Waals surface area contributed by atoms with Gasteiger partial charge in [0.15, 0.2) is 0 Å². The first kappa shape index (κ1) is 12.5. The van der Waals surface area contributed by atoms with E-state index in [0.717, 1.165) is 57.3 Å². The summed E-state index contributed by atoms with van der Waals surface area (Å²) < 4.78 is 5.70. The molecule has 0 unspecified atom stereocenters. The van der Waals surface area contributed by atoms with Crippen molar-refractivity contribution in [2.75, 3.05) is 13.2 Å². The van der Waals surface area contributed by atoms with Crippen molar-refractivity contribution >= 4 is 5.71 Å². The summed E-state index contributed by atoms with van der Waals surface area (Å²) in [7, 11) is 0. The molecule has 0 atom stereocenters. The van der Waals surface area contributed by atoms with Gasteiger partial charge in [-0.1, -0.05) is 5.16 Å². The third-order valence-corrected chi connectivity index (χ3v) is 2.81. The number of hydrogen-bond donors (Lipinski definition) is 2. The van der Waals surface area contributed by atoms with Gasteiger partial charge in [0.1, 0.15) is 0 Å². The van der Waals surface area contributed by atoms with Gasteiger partial charge in [-0.15, -0.1) is 0 Å². The molecule has 0 spiro atoms. The van der Waals surface area contributed by atoms with E-state index in [2.05, 4.69) is 5.16 Å². The predicted molar refractivity (Wildman–Crippen MR) is 58.4 cm³/mol. The van der Waals surface area contributed by atoms with Crippen molar-refractivity contribution in [3.8, 4) is 0 Å². The molecular formula is C11H21NO3. The van der Waals surface area contributed by atoms with Crippen LogP contribution < -0.4 is 0 Å². The Morgan fingerprint density at radius 2 is 1.93 bits per heavy atom. The van der Waals surface area contributed by atoms with Crippen molar-refractivity contribution in [1.82, 2.24) is 0 Å². The number of oxime groups is 1. The molecule has 88 valence electrons. The Balaban J connectivity index is 1.99. The van der Waals surface area contributed by atoms with E-state index < -0.39 is 0 Å². The summed E-state index contributed by atoms with van der Waals surface area (Å²) >= 11 is 0. The first-order valence-electron chi connectivity index (χ1n) is 5.79. The Hall–Kier alpha value is -0.610. The zero-order chi connectivity index (χ0) is 10.9. The van der Waals surface area contributed by atoms with Gasteiger partial charge in [0, 0.05) is 13.2 Å². The van der Waals surface area contributed by atoms with Crippen LogP contribution in [0.15, 0.2) is 5.16 Å². The number of hydrogen-bond acceptors (Lipinski definition) is 4. The van der Waals surface area contributed by atoms with Gasteiger partial charge in [-0.3, -0.25) is 0 Å². The molecule has 2 N–H and O–H groups in total. The maximum Gasteiger partial charge on any atom is 0.0582 e. The minimum atomic E-state index is 0.278. The van der Waals surface area contributed by atoms with Gasteiger partial charge in [0.05, 0.1) is 11.8 Å². The fourth-order valence-electron chi connectivity index (χ4n) is 1.83. The first-order valence-corrected chi connectivity index (χ1v) is 5.79. The topological polar surface area (TPSA) is 62.0 Å². The third kappa shape index (κ3) is 5.14. The molecule has 1 aliphatic rings. The van der Waals surface area contributed by atoms with Crippen molar-refractivity contribution < 1.29 is 15.1 Å². The molecule has 0 aromatic carbocycles. The van der Waals surface area contributed by atoms with Crippen LogP contribution >= 0.6 is 0 Å². The van der Waals surface area contributed by atoms with Gasteiger partial charge in [-0.25, -0.2) is 0 Å². The Morgan fingerprint density at radius 1 is 1.20 bits per heavy atom. The van der Waals surface area contributed by atoms with Gasteiger partial charge in [-0.05, 0) is 44.9 Å². The number of aliphatic hydroxyl groups is 1. The Bertz CT molecular complexity index is 184. The average molecular weight is 215 g/mol. The summed E-state index contributed by atoms with van der Waals surface area (Å²) in [5.74, 6) is 0. The quantitative estimate of drug-likeness (QED) is 0.404. The fourth-order valence-corrected chi connectivity index (χ4v) is 1.83. The number of ether oxygens (including phenoxy) is 1. The second-order valence-electron chi connectivity index (χ2n) is 4.02. The van der Waals surface area contributed by atoms with Crippen molar-refractivity contribution in [2.24, 2.45) is 5.16 Å². The monoisotopic (exact) mass is 215 g/mol. The third-order valence-electron chi connectivity index (χ3n) is 2.81. The molecule has 0 saturated heterocycles. The second kappa shape index (κ2) is 7.65. The van der Waals surface area contributed by atoms with Crippen molar-refractivity contribution in [3.63, 3.8) is 0 Å². The molecule has 0 radical (unpaired) electrons. The van der Waals surface area contributed by atoms with E-state index in [0.29, 0.717) is 6.10 Å². The van der Waals surface area contributed by atoms with E-state index in [1.807, 2.05) is 0 Å².